The van der Waals surface area contributed by atoms with E-state index in [2.05, 4.69) is 43.4 Å². The molecule has 0 aromatic heterocycles. The van der Waals surface area contributed by atoms with E-state index in [1.165, 1.54) is 31.4 Å². The Morgan fingerprint density at radius 1 is 0.891 bits per heavy atom. The molecule has 2 N–H and O–H groups in total. The van der Waals surface area contributed by atoms with Crippen molar-refractivity contribution < 1.29 is 41.2 Å². The molecule has 0 radical (unpaired) electrons. The number of para-hydroxylation sites is 1. The summed E-state index contributed by atoms with van der Waals surface area (Å²) in [4.78, 5) is 37.2. The van der Waals surface area contributed by atoms with Gasteiger partial charge in [0.25, 0.3) is 21.9 Å². The minimum atomic E-state index is -4.47. The third-order valence-corrected chi connectivity index (χ3v) is 11.6. The summed E-state index contributed by atoms with van der Waals surface area (Å²) in [6.45, 7) is 13.3. The Morgan fingerprint density at radius 2 is 1.55 bits per heavy atom. The molecule has 12 heteroatoms. The molecule has 3 aliphatic rings. The summed E-state index contributed by atoms with van der Waals surface area (Å²) < 4.78 is 43.7. The maximum Gasteiger partial charge on any atom is 0.337 e. The topological polar surface area (TPSA) is 148 Å². The van der Waals surface area contributed by atoms with Crippen LogP contribution in [0.5, 0.6) is 0 Å². The Bertz CT molecular complexity index is 2360. The molecule has 3 heterocycles. The summed E-state index contributed by atoms with van der Waals surface area (Å²) in [5, 5.41) is 8.37. The molecule has 3 aromatic rings. The molecule has 284 valence electrons. The van der Waals surface area contributed by atoms with Gasteiger partial charge in [-0.15, -0.1) is 0 Å². The second-order valence-electron chi connectivity index (χ2n) is 15.1. The van der Waals surface area contributed by atoms with Gasteiger partial charge in [-0.25, -0.2) is 4.79 Å². The van der Waals surface area contributed by atoms with E-state index in [1.807, 2.05) is 48.8 Å². The number of nitrogens with one attached hydrogen (secondary N) is 1. The molecule has 0 atom stereocenters. The number of hydrogen-bond acceptors (Lipinski definition) is 7. The molecule has 0 aliphatic carbocycles. The number of nitrogens with zero attached hydrogens (tertiary/aromatic N) is 3. The van der Waals surface area contributed by atoms with Gasteiger partial charge in [0.15, 0.2) is 11.4 Å². The number of ether oxygens (including phenoxy) is 1. The first-order chi connectivity index (χ1) is 25.9. The van der Waals surface area contributed by atoms with Gasteiger partial charge < -0.3 is 10.1 Å². The van der Waals surface area contributed by atoms with Crippen molar-refractivity contribution in [2.24, 2.45) is 0 Å². The van der Waals surface area contributed by atoms with E-state index >= 15 is 0 Å². The molecule has 3 aliphatic heterocycles. The molecule has 55 heavy (non-hydrogen) atoms. The van der Waals surface area contributed by atoms with Gasteiger partial charge >= 0.3 is 5.97 Å². The number of esters is 1. The van der Waals surface area contributed by atoms with E-state index in [0.29, 0.717) is 30.7 Å². The monoisotopic (exact) mass is 762 g/mol. The van der Waals surface area contributed by atoms with Crippen molar-refractivity contribution in [3.05, 3.63) is 119 Å². The number of unbranched alkanes of at least 4 members (excludes halogenated alkanes) is 2. The van der Waals surface area contributed by atoms with Crippen LogP contribution >= 0.6 is 0 Å². The number of imide groups is 1. The van der Waals surface area contributed by atoms with Gasteiger partial charge in [0.05, 0.1) is 34.9 Å². The largest absolute Gasteiger partial charge is 0.465 e. The van der Waals surface area contributed by atoms with Crippen LogP contribution in [0.4, 0.5) is 11.4 Å². The fourth-order valence-electron chi connectivity index (χ4n) is 7.68. The average Bonchev–Trinajstić information content (AvgIpc) is 3.65. The van der Waals surface area contributed by atoms with E-state index in [1.54, 1.807) is 18.2 Å². The minimum Gasteiger partial charge on any atom is -0.465 e. The standard InChI is InChI=1S/C43H45N4O7S/c1-42(2)33-13-9-10-14-35(33)45(5)37(42)24-30(28-15-17-29(18-16-28)41(50)54-6)25-38-43(3,4)34-26-32(55(51,52)53)19-20-36(34)46(38)23-11-7-8-12-31(44)27-47-39(48)21-22-40(47)49/h9-10,13-22,24-26,44H,5,7-8,11-12,23,27H2,1-4,6H3/q+1/p+1/b30-25-,37-24-,44-31?. The maximum atomic E-state index is 12.4. The predicted molar refractivity (Wildman–Crippen MR) is 211 cm³/mol. The van der Waals surface area contributed by atoms with Crippen LogP contribution in [-0.4, -0.2) is 83.1 Å². The van der Waals surface area contributed by atoms with Crippen molar-refractivity contribution >= 4 is 63.0 Å². The number of methoxy groups -OCH3 is 1. The molecule has 3 aromatic carbocycles. The maximum absolute atomic E-state index is 12.4. The van der Waals surface area contributed by atoms with E-state index < -0.39 is 38.7 Å². The highest BCUT2D eigenvalue weighted by molar-refractivity contribution is 7.85. The molecular weight excluding hydrogens is 717 g/mol. The zero-order valence-electron chi connectivity index (χ0n) is 31.8. The minimum absolute atomic E-state index is 0.0251. The summed E-state index contributed by atoms with van der Waals surface area (Å²) in [5.41, 5.74) is 6.83. The zero-order chi connectivity index (χ0) is 39.9. The second kappa shape index (κ2) is 14.9. The lowest BCUT2D eigenvalue weighted by atomic mass is 9.79. The molecule has 2 amide bonds. The van der Waals surface area contributed by atoms with Gasteiger partial charge in [0, 0.05) is 59.7 Å². The van der Waals surface area contributed by atoms with Crippen molar-refractivity contribution in [1.82, 2.24) is 4.90 Å². The Hall–Kier alpha value is -5.59. The third kappa shape index (κ3) is 7.56. The summed E-state index contributed by atoms with van der Waals surface area (Å²) in [7, 11) is -3.13. The van der Waals surface area contributed by atoms with E-state index in [0.717, 1.165) is 62.8 Å². The molecule has 0 spiro atoms. The first-order valence-corrected chi connectivity index (χ1v) is 19.6. The van der Waals surface area contributed by atoms with E-state index in [4.69, 9.17) is 10.1 Å². The van der Waals surface area contributed by atoms with E-state index in [9.17, 15) is 27.4 Å². The van der Waals surface area contributed by atoms with Crippen molar-refractivity contribution in [3.63, 3.8) is 0 Å². The lowest BCUT2D eigenvalue weighted by Gasteiger charge is -2.18. The molecule has 0 fully saturated rings. The van der Waals surface area contributed by atoms with Gasteiger partial charge in [-0.3, -0.25) is 19.0 Å². The number of amides is 2. The highest BCUT2D eigenvalue weighted by Gasteiger charge is 2.47. The average molecular weight is 763 g/mol. The van der Waals surface area contributed by atoms with Crippen LogP contribution in [0.3, 0.4) is 0 Å². The smallest absolute Gasteiger partial charge is 0.337 e. The van der Waals surface area contributed by atoms with Crippen LogP contribution in [-0.2, 0) is 35.3 Å². The van der Waals surface area contributed by atoms with Crippen LogP contribution in [0.2, 0.25) is 0 Å². The molecule has 0 unspecified atom stereocenters. The van der Waals surface area contributed by atoms with Crippen molar-refractivity contribution in [2.45, 2.75) is 69.1 Å². The second-order valence-corrected chi connectivity index (χ2v) is 16.5. The van der Waals surface area contributed by atoms with Gasteiger partial charge in [-0.05, 0) is 82.4 Å². The van der Waals surface area contributed by atoms with Crippen LogP contribution in [0.25, 0.3) is 5.57 Å². The van der Waals surface area contributed by atoms with Gasteiger partial charge in [0.2, 0.25) is 11.4 Å². The summed E-state index contributed by atoms with van der Waals surface area (Å²) in [5.74, 6) is -1.26. The summed E-state index contributed by atoms with van der Waals surface area (Å²) in [6.07, 6.45) is 9.25. The Labute approximate surface area is 321 Å². The zero-order valence-corrected chi connectivity index (χ0v) is 32.6. The molecule has 0 saturated heterocycles. The first-order valence-electron chi connectivity index (χ1n) is 18.1. The van der Waals surface area contributed by atoms with Crippen LogP contribution in [0.1, 0.15) is 80.4 Å². The molecule has 0 saturated carbocycles. The first kappa shape index (κ1) is 39.1. The van der Waals surface area contributed by atoms with Crippen molar-refractivity contribution in [1.29, 1.82) is 5.41 Å². The number of hydrogen-bond donors (Lipinski definition) is 2. The number of allylic oxidation sites excluding steroid dienone is 4. The van der Waals surface area contributed by atoms with Gasteiger partial charge in [0.1, 0.15) is 13.3 Å². The summed E-state index contributed by atoms with van der Waals surface area (Å²) in [6, 6.07) is 20.0. The lowest BCUT2D eigenvalue weighted by Crippen LogP contribution is -2.34. The highest BCUT2D eigenvalue weighted by atomic mass is 32.2. The van der Waals surface area contributed by atoms with Crippen LogP contribution in [0, 0.1) is 5.41 Å². The number of fused-ring (bicyclic) bond motifs is 2. The van der Waals surface area contributed by atoms with Gasteiger partial charge in [-0.1, -0.05) is 30.3 Å². The number of benzene rings is 3. The number of rotatable bonds is 13. The number of carbonyl (C=O) groups is 3. The fourth-order valence-corrected chi connectivity index (χ4v) is 8.19. The molecule has 6 rings (SSSR count). The Morgan fingerprint density at radius 3 is 2.18 bits per heavy atom. The SMILES string of the molecule is C=[N+]1/C(=C\C(=C\C2=[N+](CCCCCC(=N)CN3C(=O)C=CC3=O)c3ccc(S(=O)(=O)O)cc3C2(C)C)c2ccc(C(=O)OC)cc2)C(C)(C)c2ccccc21. The quantitative estimate of drug-likeness (QED) is 0.0481. The number of carbonyl (C=O) groups excluding carboxylic acids is 3. The van der Waals surface area contributed by atoms with Gasteiger partial charge in [-0.2, -0.15) is 17.6 Å². The Balaban J connectivity index is 1.40. The fraction of sp³-hybridized carbons (Fsp3) is 0.302. The molecule has 0 bridgehead atoms. The molecular formula is C43H46N4O7S+2. The van der Waals surface area contributed by atoms with Crippen LogP contribution < -0.4 is 0 Å². The molecule has 11 nitrogen and oxygen atoms in total. The third-order valence-electron chi connectivity index (χ3n) is 10.8. The van der Waals surface area contributed by atoms with Crippen LogP contribution in [0.15, 0.2) is 102 Å². The predicted octanol–water partition coefficient (Wildman–Crippen LogP) is 6.90. The van der Waals surface area contributed by atoms with E-state index in [-0.39, 0.29) is 11.4 Å². The summed E-state index contributed by atoms with van der Waals surface area (Å²) >= 11 is 0. The van der Waals surface area contributed by atoms with Crippen molar-refractivity contribution in [3.8, 4) is 0 Å². The highest BCUT2D eigenvalue weighted by Crippen LogP contribution is 2.47. The Kier molecular flexibility index (Phi) is 10.6. The normalized spacial score (nSPS) is 18.0. The lowest BCUT2D eigenvalue weighted by molar-refractivity contribution is -0.438. The van der Waals surface area contributed by atoms with Crippen molar-refractivity contribution in [2.75, 3.05) is 20.2 Å².